The molecule has 1 atom stereocenters. The van der Waals surface area contributed by atoms with E-state index in [4.69, 9.17) is 9.15 Å². The molecule has 96 valence electrons. The lowest BCUT2D eigenvalue weighted by molar-refractivity contribution is 0.414. The fourth-order valence-electron chi connectivity index (χ4n) is 1.67. The first-order valence-electron chi connectivity index (χ1n) is 5.97. The van der Waals surface area contributed by atoms with Crippen molar-refractivity contribution in [1.82, 2.24) is 10.3 Å². The molecule has 1 heterocycles. The van der Waals surface area contributed by atoms with Crippen LogP contribution in [0, 0.1) is 0 Å². The zero-order chi connectivity index (χ0) is 13.0. The predicted octanol–water partition coefficient (Wildman–Crippen LogP) is 2.55. The maximum Gasteiger partial charge on any atom is 0.198 e. The third-order valence-corrected chi connectivity index (χ3v) is 2.96. The summed E-state index contributed by atoms with van der Waals surface area (Å²) < 4.78 is 10.6. The highest BCUT2D eigenvalue weighted by Gasteiger charge is 2.09. The number of benzene rings is 1. The van der Waals surface area contributed by atoms with Crippen LogP contribution in [0.2, 0.25) is 0 Å². The standard InChI is InChI=1S/C14H18N2O2/c1-10(15-2)13-9-18-14(16-13)8-11-4-6-12(17-3)7-5-11/h4-7,9-10,15H,8H2,1-3H3. The Morgan fingerprint density at radius 2 is 2.06 bits per heavy atom. The first kappa shape index (κ1) is 12.6. The van der Waals surface area contributed by atoms with Crippen LogP contribution in [0.3, 0.4) is 0 Å². The number of rotatable bonds is 5. The summed E-state index contributed by atoms with van der Waals surface area (Å²) in [6.07, 6.45) is 2.40. The van der Waals surface area contributed by atoms with Gasteiger partial charge in [0.05, 0.1) is 12.8 Å². The Balaban J connectivity index is 2.06. The van der Waals surface area contributed by atoms with Crippen molar-refractivity contribution in [2.75, 3.05) is 14.2 Å². The summed E-state index contributed by atoms with van der Waals surface area (Å²) in [5.41, 5.74) is 2.09. The number of ether oxygens (including phenoxy) is 1. The highest BCUT2D eigenvalue weighted by molar-refractivity contribution is 5.28. The van der Waals surface area contributed by atoms with Crippen molar-refractivity contribution in [2.45, 2.75) is 19.4 Å². The molecule has 0 aliphatic carbocycles. The maximum atomic E-state index is 5.47. The lowest BCUT2D eigenvalue weighted by atomic mass is 10.1. The fourth-order valence-corrected chi connectivity index (χ4v) is 1.67. The first-order chi connectivity index (χ1) is 8.72. The number of nitrogens with one attached hydrogen (secondary N) is 1. The summed E-state index contributed by atoms with van der Waals surface area (Å²) in [6, 6.07) is 8.12. The molecule has 0 radical (unpaired) electrons. The van der Waals surface area contributed by atoms with Gasteiger partial charge in [0, 0.05) is 12.5 Å². The monoisotopic (exact) mass is 246 g/mol. The van der Waals surface area contributed by atoms with Gasteiger partial charge in [-0.1, -0.05) is 12.1 Å². The van der Waals surface area contributed by atoms with E-state index in [2.05, 4.69) is 17.2 Å². The van der Waals surface area contributed by atoms with Crippen LogP contribution in [0.1, 0.15) is 30.1 Å². The Labute approximate surface area is 107 Å². The van der Waals surface area contributed by atoms with Crippen LogP contribution in [0.5, 0.6) is 5.75 Å². The number of nitrogens with zero attached hydrogens (tertiary/aromatic N) is 1. The molecule has 4 heteroatoms. The molecule has 1 aromatic carbocycles. The van der Waals surface area contributed by atoms with E-state index in [0.717, 1.165) is 22.9 Å². The maximum absolute atomic E-state index is 5.47. The average Bonchev–Trinajstić information content (AvgIpc) is 2.87. The number of hydrogen-bond donors (Lipinski definition) is 1. The molecule has 1 N–H and O–H groups in total. The minimum absolute atomic E-state index is 0.207. The van der Waals surface area contributed by atoms with Gasteiger partial charge in [0.15, 0.2) is 5.89 Å². The summed E-state index contributed by atoms with van der Waals surface area (Å²) >= 11 is 0. The number of methoxy groups -OCH3 is 1. The summed E-state index contributed by atoms with van der Waals surface area (Å²) in [4.78, 5) is 4.46. The van der Waals surface area contributed by atoms with Gasteiger partial charge < -0.3 is 14.5 Å². The Morgan fingerprint density at radius 1 is 1.33 bits per heavy atom. The molecule has 4 nitrogen and oxygen atoms in total. The van der Waals surface area contributed by atoms with Crippen LogP contribution < -0.4 is 10.1 Å². The van der Waals surface area contributed by atoms with Crippen molar-refractivity contribution >= 4 is 0 Å². The lowest BCUT2D eigenvalue weighted by Gasteiger charge is -2.03. The molecule has 0 aliphatic rings. The SMILES string of the molecule is CNC(C)c1coc(Cc2ccc(OC)cc2)n1. The van der Waals surface area contributed by atoms with E-state index in [9.17, 15) is 0 Å². The molecule has 0 aliphatic heterocycles. The van der Waals surface area contributed by atoms with Crippen molar-refractivity contribution in [3.05, 3.63) is 47.7 Å². The molecule has 0 saturated heterocycles. The second-order valence-corrected chi connectivity index (χ2v) is 4.20. The van der Waals surface area contributed by atoms with Gasteiger partial charge in [-0.15, -0.1) is 0 Å². The van der Waals surface area contributed by atoms with E-state index in [0.29, 0.717) is 6.42 Å². The number of aromatic nitrogens is 1. The topological polar surface area (TPSA) is 47.3 Å². The van der Waals surface area contributed by atoms with Crippen molar-refractivity contribution in [3.63, 3.8) is 0 Å². The van der Waals surface area contributed by atoms with Gasteiger partial charge in [-0.25, -0.2) is 4.98 Å². The van der Waals surface area contributed by atoms with E-state index in [1.165, 1.54) is 0 Å². The quantitative estimate of drug-likeness (QED) is 0.880. The number of oxazole rings is 1. The van der Waals surface area contributed by atoms with Crippen LogP contribution in [0.25, 0.3) is 0 Å². The van der Waals surface area contributed by atoms with Crippen LogP contribution >= 0.6 is 0 Å². The highest BCUT2D eigenvalue weighted by atomic mass is 16.5. The predicted molar refractivity (Wildman–Crippen MR) is 69.8 cm³/mol. The normalized spacial score (nSPS) is 12.4. The summed E-state index contributed by atoms with van der Waals surface area (Å²) in [6.45, 7) is 2.05. The molecule has 0 bridgehead atoms. The van der Waals surface area contributed by atoms with E-state index >= 15 is 0 Å². The summed E-state index contributed by atoms with van der Waals surface area (Å²) in [7, 11) is 3.57. The van der Waals surface area contributed by atoms with Crippen molar-refractivity contribution in [1.29, 1.82) is 0 Å². The van der Waals surface area contributed by atoms with Gasteiger partial charge in [-0.2, -0.15) is 0 Å². The molecule has 1 unspecified atom stereocenters. The molecule has 0 spiro atoms. The second-order valence-electron chi connectivity index (χ2n) is 4.20. The Kier molecular flexibility index (Phi) is 3.99. The van der Waals surface area contributed by atoms with Crippen molar-refractivity contribution < 1.29 is 9.15 Å². The second kappa shape index (κ2) is 5.69. The average molecular weight is 246 g/mol. The smallest absolute Gasteiger partial charge is 0.198 e. The van der Waals surface area contributed by atoms with E-state index in [-0.39, 0.29) is 6.04 Å². The summed E-state index contributed by atoms with van der Waals surface area (Å²) in [5.74, 6) is 1.59. The largest absolute Gasteiger partial charge is 0.497 e. The van der Waals surface area contributed by atoms with E-state index < -0.39 is 0 Å². The molecule has 0 amide bonds. The van der Waals surface area contributed by atoms with Gasteiger partial charge in [-0.05, 0) is 31.7 Å². The van der Waals surface area contributed by atoms with Crippen LogP contribution in [0.4, 0.5) is 0 Å². The van der Waals surface area contributed by atoms with E-state index in [1.54, 1.807) is 13.4 Å². The minimum atomic E-state index is 0.207. The van der Waals surface area contributed by atoms with Crippen LogP contribution in [0.15, 0.2) is 34.9 Å². The van der Waals surface area contributed by atoms with E-state index in [1.807, 2.05) is 31.3 Å². The Morgan fingerprint density at radius 3 is 2.67 bits per heavy atom. The fraction of sp³-hybridized carbons (Fsp3) is 0.357. The molecule has 18 heavy (non-hydrogen) atoms. The lowest BCUT2D eigenvalue weighted by Crippen LogP contribution is -2.12. The molecular weight excluding hydrogens is 228 g/mol. The van der Waals surface area contributed by atoms with Gasteiger partial charge in [0.2, 0.25) is 0 Å². The number of hydrogen-bond acceptors (Lipinski definition) is 4. The van der Waals surface area contributed by atoms with Crippen molar-refractivity contribution in [2.24, 2.45) is 0 Å². The van der Waals surface area contributed by atoms with Crippen LogP contribution in [-0.2, 0) is 6.42 Å². The summed E-state index contributed by atoms with van der Waals surface area (Å²) in [5, 5.41) is 3.13. The zero-order valence-electron chi connectivity index (χ0n) is 10.9. The molecule has 2 aromatic rings. The van der Waals surface area contributed by atoms with Gasteiger partial charge >= 0.3 is 0 Å². The first-order valence-corrected chi connectivity index (χ1v) is 5.97. The minimum Gasteiger partial charge on any atom is -0.497 e. The zero-order valence-corrected chi connectivity index (χ0v) is 10.9. The molecule has 1 aromatic heterocycles. The Bertz CT molecular complexity index is 491. The van der Waals surface area contributed by atoms with Gasteiger partial charge in [-0.3, -0.25) is 0 Å². The Hall–Kier alpha value is -1.81. The van der Waals surface area contributed by atoms with Crippen LogP contribution in [-0.4, -0.2) is 19.1 Å². The highest BCUT2D eigenvalue weighted by Crippen LogP contribution is 2.16. The third kappa shape index (κ3) is 2.90. The molecule has 0 saturated carbocycles. The van der Waals surface area contributed by atoms with Gasteiger partial charge in [0.1, 0.15) is 12.0 Å². The third-order valence-electron chi connectivity index (χ3n) is 2.96. The van der Waals surface area contributed by atoms with Crippen molar-refractivity contribution in [3.8, 4) is 5.75 Å². The molecular formula is C14H18N2O2. The molecule has 2 rings (SSSR count). The molecule has 0 fully saturated rings. The van der Waals surface area contributed by atoms with Gasteiger partial charge in [0.25, 0.3) is 0 Å².